The van der Waals surface area contributed by atoms with Crippen molar-refractivity contribution in [3.05, 3.63) is 35.0 Å². The molecule has 0 aromatic heterocycles. The molecule has 4 heteroatoms. The van der Waals surface area contributed by atoms with Crippen molar-refractivity contribution in [2.45, 2.75) is 0 Å². The molecule has 0 amide bonds. The Hall–Kier alpha value is -1.45. The molecular weight excluding hydrogens is 135 g/mol. The van der Waals surface area contributed by atoms with E-state index in [1.54, 1.807) is 0 Å². The lowest BCUT2D eigenvalue weighted by atomic mass is 10.3. The van der Waals surface area contributed by atoms with Gasteiger partial charge in [0, 0.05) is 6.07 Å². The minimum atomic E-state index is -0.611. The van der Waals surface area contributed by atoms with E-state index < -0.39 is 5.82 Å². The molecule has 1 aromatic rings. The molecule has 1 aromatic carbocycles. The second-order valence-electron chi connectivity index (χ2n) is 1.78. The summed E-state index contributed by atoms with van der Waals surface area (Å²) in [4.78, 5) is 10.3. The maximum atomic E-state index is 12.5. The lowest BCUT2D eigenvalue weighted by molar-refractivity contribution is -0.476. The van der Waals surface area contributed by atoms with Crippen molar-refractivity contribution in [2.24, 2.45) is 5.84 Å². The Morgan fingerprint density at radius 2 is 2.00 bits per heavy atom. The molecule has 3 nitrogen and oxygen atoms in total. The first-order valence-corrected chi connectivity index (χ1v) is 2.68. The van der Waals surface area contributed by atoms with Crippen LogP contribution < -0.4 is 5.84 Å². The fourth-order valence-electron chi connectivity index (χ4n) is 0.630. The monoisotopic (exact) mass is 141 g/mol. The highest BCUT2D eigenvalue weighted by Gasteiger charge is 2.13. The third-order valence-corrected chi connectivity index (χ3v) is 1.09. The number of nitroso groups, excluding NO2 is 1. The molecule has 2 N–H and O–H groups in total. The number of hydrazine groups is 1. The third kappa shape index (κ3) is 1.10. The molecule has 0 aliphatic carbocycles. The van der Waals surface area contributed by atoms with E-state index in [0.717, 1.165) is 0 Å². The number of hydrogen-bond acceptors (Lipinski definition) is 1. The summed E-state index contributed by atoms with van der Waals surface area (Å²) in [7, 11) is 0. The molecule has 0 bridgehead atoms. The Kier molecular flexibility index (Phi) is 1.62. The number of benzene rings is 1. The van der Waals surface area contributed by atoms with Gasteiger partial charge in [-0.3, -0.25) is 0 Å². The van der Waals surface area contributed by atoms with Crippen molar-refractivity contribution in [3.63, 3.8) is 0 Å². The van der Waals surface area contributed by atoms with Crippen LogP contribution >= 0.6 is 0 Å². The first-order valence-electron chi connectivity index (χ1n) is 2.68. The summed E-state index contributed by atoms with van der Waals surface area (Å²) >= 11 is 0. The number of nitrogens with zero attached hydrogens (tertiary/aromatic N) is 1. The van der Waals surface area contributed by atoms with Gasteiger partial charge in [-0.15, -0.1) is 0 Å². The number of rotatable bonds is 1. The maximum absolute atomic E-state index is 12.5. The molecule has 52 valence electrons. The Bertz CT molecular complexity index is 262. The van der Waals surface area contributed by atoms with Crippen molar-refractivity contribution in [2.75, 3.05) is 0 Å². The van der Waals surface area contributed by atoms with Gasteiger partial charge in [-0.1, -0.05) is 12.1 Å². The second-order valence-corrected chi connectivity index (χ2v) is 1.78. The summed E-state index contributed by atoms with van der Waals surface area (Å²) in [6.45, 7) is 0. The lowest BCUT2D eigenvalue weighted by Crippen LogP contribution is -2.10. The molecule has 0 unspecified atom stereocenters. The zero-order valence-electron chi connectivity index (χ0n) is 5.12. The first kappa shape index (κ1) is 6.67. The molecule has 10 heavy (non-hydrogen) atoms. The van der Waals surface area contributed by atoms with Crippen LogP contribution in [0.25, 0.3) is 0 Å². The molecule has 1 rings (SSSR count). The highest BCUT2D eigenvalue weighted by molar-refractivity contribution is 5.30. The van der Waals surface area contributed by atoms with Crippen LogP contribution in [0.15, 0.2) is 24.3 Å². The summed E-state index contributed by atoms with van der Waals surface area (Å²) < 4.78 is 12.5. The Morgan fingerprint density at radius 3 is 2.40 bits per heavy atom. The molecular formula is C6H6FN2O+. The van der Waals surface area contributed by atoms with Crippen LogP contribution in [0.1, 0.15) is 0 Å². The van der Waals surface area contributed by atoms with Gasteiger partial charge >= 0.3 is 5.69 Å². The summed E-state index contributed by atoms with van der Waals surface area (Å²) in [6, 6.07) is 5.51. The molecule has 0 spiro atoms. The first-order chi connectivity index (χ1) is 4.72. The summed E-state index contributed by atoms with van der Waals surface area (Å²) in [6.07, 6.45) is 0. The SMILES string of the molecule is N[N+](=O)c1ccccc1F. The normalized spacial score (nSPS) is 9.30. The van der Waals surface area contributed by atoms with E-state index in [2.05, 4.69) is 0 Å². The van der Waals surface area contributed by atoms with Gasteiger partial charge in [0.05, 0.1) is 4.91 Å². The van der Waals surface area contributed by atoms with Crippen molar-refractivity contribution in [1.29, 1.82) is 0 Å². The minimum absolute atomic E-state index is 0.00463. The zero-order chi connectivity index (χ0) is 7.56. The maximum Gasteiger partial charge on any atom is 0.326 e. The predicted molar refractivity (Wildman–Crippen MR) is 33.9 cm³/mol. The average Bonchev–Trinajstić information content (AvgIpc) is 1.88. The number of para-hydroxylation sites is 1. The Morgan fingerprint density at radius 1 is 1.40 bits per heavy atom. The largest absolute Gasteiger partial charge is 0.326 e. The summed E-state index contributed by atoms with van der Waals surface area (Å²) in [5, 5.41) is 0. The smallest absolute Gasteiger partial charge is 0.199 e. The van der Waals surface area contributed by atoms with E-state index in [9.17, 15) is 9.30 Å². The van der Waals surface area contributed by atoms with Crippen LogP contribution in [0.5, 0.6) is 0 Å². The van der Waals surface area contributed by atoms with Gasteiger partial charge in [0.15, 0.2) is 4.87 Å². The van der Waals surface area contributed by atoms with Gasteiger partial charge in [0.25, 0.3) is 0 Å². The third-order valence-electron chi connectivity index (χ3n) is 1.09. The van der Waals surface area contributed by atoms with E-state index in [1.165, 1.54) is 24.3 Å². The molecule has 0 saturated carbocycles. The Labute approximate surface area is 56.8 Å². The molecule has 0 fully saturated rings. The summed E-state index contributed by atoms with van der Waals surface area (Å²) in [5.41, 5.74) is -0.150. The van der Waals surface area contributed by atoms with E-state index >= 15 is 0 Å². The van der Waals surface area contributed by atoms with Crippen molar-refractivity contribution in [1.82, 2.24) is 0 Å². The van der Waals surface area contributed by atoms with Crippen LogP contribution in [0.4, 0.5) is 10.1 Å². The van der Waals surface area contributed by atoms with Crippen LogP contribution in [0, 0.1) is 10.7 Å². The minimum Gasteiger partial charge on any atom is -0.199 e. The number of hydrogen-bond donors (Lipinski definition) is 1. The molecule has 0 aliphatic rings. The summed E-state index contributed by atoms with van der Waals surface area (Å²) in [5.74, 6) is 4.14. The van der Waals surface area contributed by atoms with Gasteiger partial charge in [0.2, 0.25) is 5.82 Å². The van der Waals surface area contributed by atoms with Crippen molar-refractivity contribution >= 4 is 5.69 Å². The standard InChI is InChI=1S/C6H6FN2O/c7-5-3-1-2-4-6(5)9(8)10/h1-4H,(H2,8,10)/q+1. The topological polar surface area (TPSA) is 46.1 Å². The number of nitrogens with two attached hydrogens (primary N) is 1. The molecule has 0 atom stereocenters. The molecule has 0 saturated heterocycles. The van der Waals surface area contributed by atoms with Crippen molar-refractivity contribution in [3.8, 4) is 0 Å². The average molecular weight is 141 g/mol. The zero-order valence-corrected chi connectivity index (χ0v) is 5.12. The quantitative estimate of drug-likeness (QED) is 0.361. The van der Waals surface area contributed by atoms with E-state index in [1.807, 2.05) is 0 Å². The van der Waals surface area contributed by atoms with Crippen LogP contribution in [-0.2, 0) is 0 Å². The van der Waals surface area contributed by atoms with Crippen LogP contribution in [-0.4, -0.2) is 4.87 Å². The van der Waals surface area contributed by atoms with Crippen molar-refractivity contribution < 1.29 is 9.26 Å². The lowest BCUT2D eigenvalue weighted by Gasteiger charge is -1.85. The molecule has 0 heterocycles. The van der Waals surface area contributed by atoms with Gasteiger partial charge < -0.3 is 0 Å². The second kappa shape index (κ2) is 2.43. The van der Waals surface area contributed by atoms with Crippen LogP contribution in [0.3, 0.4) is 0 Å². The van der Waals surface area contributed by atoms with Crippen LogP contribution in [0.2, 0.25) is 0 Å². The van der Waals surface area contributed by atoms with E-state index in [4.69, 9.17) is 5.84 Å². The predicted octanol–water partition coefficient (Wildman–Crippen LogP) is 1.11. The Balaban J connectivity index is 3.15. The van der Waals surface area contributed by atoms with Gasteiger partial charge in [-0.25, -0.2) is 0 Å². The fraction of sp³-hybridized carbons (Fsp3) is 0. The van der Waals surface area contributed by atoms with Gasteiger partial charge in [0.1, 0.15) is 0 Å². The molecule has 0 radical (unpaired) electrons. The fourth-order valence-corrected chi connectivity index (χ4v) is 0.630. The molecule has 0 aliphatic heterocycles. The highest BCUT2D eigenvalue weighted by Crippen LogP contribution is 2.12. The highest BCUT2D eigenvalue weighted by atomic mass is 19.1. The van der Waals surface area contributed by atoms with Gasteiger partial charge in [-0.2, -0.15) is 10.2 Å². The van der Waals surface area contributed by atoms with Gasteiger partial charge in [-0.05, 0) is 6.07 Å². The van der Waals surface area contributed by atoms with E-state index in [-0.39, 0.29) is 10.6 Å². The number of halogens is 1. The van der Waals surface area contributed by atoms with E-state index in [0.29, 0.717) is 0 Å².